The molecule has 0 bridgehead atoms. The average molecular weight is 128 g/mol. The van der Waals surface area contributed by atoms with E-state index >= 15 is 0 Å². The van der Waals surface area contributed by atoms with Gasteiger partial charge in [0.05, 0.1) is 0 Å². The van der Waals surface area contributed by atoms with Gasteiger partial charge in [-0.2, -0.15) is 0 Å². The highest BCUT2D eigenvalue weighted by molar-refractivity contribution is 4.78. The molecule has 0 aliphatic carbocycles. The lowest BCUT2D eigenvalue weighted by Gasteiger charge is -2.03. The summed E-state index contributed by atoms with van der Waals surface area (Å²) in [5.74, 6) is 0.631. The third-order valence-electron chi connectivity index (χ3n) is 1.40. The highest BCUT2D eigenvalue weighted by Gasteiger charge is 1.95. The number of hydrogen-bond donors (Lipinski definition) is 1. The molecule has 0 unspecified atom stereocenters. The topological polar surface area (TPSA) is 20.2 Å². The van der Waals surface area contributed by atoms with E-state index in [1.54, 1.807) is 0 Å². The van der Waals surface area contributed by atoms with Crippen molar-refractivity contribution >= 4 is 0 Å². The fraction of sp³-hybridized carbons (Fsp3) is 0.750. The molecular formula is C8H16O. The molecular weight excluding hydrogens is 112 g/mol. The van der Waals surface area contributed by atoms with Crippen LogP contribution in [0.25, 0.3) is 0 Å². The molecule has 1 N–H and O–H groups in total. The maximum absolute atomic E-state index is 8.51. The summed E-state index contributed by atoms with van der Waals surface area (Å²) >= 11 is 0. The zero-order chi connectivity index (χ0) is 7.11. The van der Waals surface area contributed by atoms with Crippen LogP contribution >= 0.6 is 0 Å². The number of aliphatic hydroxyl groups excluding tert-OH is 1. The van der Waals surface area contributed by atoms with Crippen LogP contribution in [0.1, 0.15) is 26.7 Å². The van der Waals surface area contributed by atoms with Gasteiger partial charge in [-0.3, -0.25) is 0 Å². The van der Waals surface area contributed by atoms with Gasteiger partial charge in [0, 0.05) is 6.61 Å². The lowest BCUT2D eigenvalue weighted by molar-refractivity contribution is 0.263. The van der Waals surface area contributed by atoms with E-state index in [9.17, 15) is 0 Å². The van der Waals surface area contributed by atoms with Gasteiger partial charge in [-0.25, -0.2) is 0 Å². The van der Waals surface area contributed by atoms with Crippen LogP contribution < -0.4 is 0 Å². The zero-order valence-electron chi connectivity index (χ0n) is 6.30. The first-order valence-electron chi connectivity index (χ1n) is 3.53. The molecule has 0 radical (unpaired) electrons. The second-order valence-corrected chi connectivity index (χ2v) is 2.42. The third-order valence-corrected chi connectivity index (χ3v) is 1.40. The van der Waals surface area contributed by atoms with Gasteiger partial charge in [-0.1, -0.05) is 19.1 Å². The van der Waals surface area contributed by atoms with Crippen LogP contribution in [-0.4, -0.2) is 11.7 Å². The third kappa shape index (κ3) is 5.57. The van der Waals surface area contributed by atoms with Crippen molar-refractivity contribution in [3.63, 3.8) is 0 Å². The number of aliphatic hydroxyl groups is 1. The summed E-state index contributed by atoms with van der Waals surface area (Å²) in [6, 6.07) is 0. The first-order chi connectivity index (χ1) is 4.31. The van der Waals surface area contributed by atoms with E-state index in [1.807, 2.05) is 13.0 Å². The highest BCUT2D eigenvalue weighted by atomic mass is 16.2. The molecule has 0 aromatic rings. The Morgan fingerprint density at radius 2 is 2.22 bits per heavy atom. The molecule has 1 nitrogen and oxygen atoms in total. The van der Waals surface area contributed by atoms with Crippen molar-refractivity contribution in [1.82, 2.24) is 0 Å². The summed E-state index contributed by atoms with van der Waals surface area (Å²) < 4.78 is 0. The lowest BCUT2D eigenvalue weighted by Crippen LogP contribution is -1.95. The fourth-order valence-corrected chi connectivity index (χ4v) is 0.707. The first-order valence-corrected chi connectivity index (χ1v) is 3.53. The molecule has 0 fully saturated rings. The van der Waals surface area contributed by atoms with Gasteiger partial charge in [0.2, 0.25) is 0 Å². The Morgan fingerprint density at radius 3 is 2.67 bits per heavy atom. The molecule has 1 atom stereocenters. The van der Waals surface area contributed by atoms with Gasteiger partial charge in [-0.05, 0) is 25.7 Å². The minimum Gasteiger partial charge on any atom is -0.396 e. The van der Waals surface area contributed by atoms with Crippen molar-refractivity contribution in [2.24, 2.45) is 5.92 Å². The molecule has 1 heteroatoms. The van der Waals surface area contributed by atoms with Gasteiger partial charge in [-0.15, -0.1) is 0 Å². The molecule has 9 heavy (non-hydrogen) atoms. The van der Waals surface area contributed by atoms with Crippen LogP contribution in [0, 0.1) is 5.92 Å². The molecule has 0 aromatic heterocycles. The molecule has 0 saturated heterocycles. The largest absolute Gasteiger partial charge is 0.396 e. The molecule has 0 saturated carbocycles. The fourth-order valence-electron chi connectivity index (χ4n) is 0.707. The zero-order valence-corrected chi connectivity index (χ0v) is 6.30. The standard InChI is InChI=1S/C8H16O/c1-3-4-5-8(2)6-7-9/h3-4,8-9H,5-7H2,1-2H3/t8-/m0/s1. The van der Waals surface area contributed by atoms with Crippen LogP contribution in [0.15, 0.2) is 12.2 Å². The van der Waals surface area contributed by atoms with Crippen LogP contribution in [0.4, 0.5) is 0 Å². The Balaban J connectivity index is 3.15. The predicted molar refractivity (Wildman–Crippen MR) is 40.3 cm³/mol. The van der Waals surface area contributed by atoms with E-state index < -0.39 is 0 Å². The maximum atomic E-state index is 8.51. The molecule has 0 rings (SSSR count). The summed E-state index contributed by atoms with van der Waals surface area (Å²) in [4.78, 5) is 0. The van der Waals surface area contributed by atoms with Gasteiger partial charge < -0.3 is 5.11 Å². The minimum absolute atomic E-state index is 0.318. The van der Waals surface area contributed by atoms with E-state index in [2.05, 4.69) is 13.0 Å². The monoisotopic (exact) mass is 128 g/mol. The number of allylic oxidation sites excluding steroid dienone is 2. The number of rotatable bonds is 4. The SMILES string of the molecule is CC=CC[C@H](C)CCO. The van der Waals surface area contributed by atoms with E-state index in [0.29, 0.717) is 12.5 Å². The summed E-state index contributed by atoms with van der Waals surface area (Å²) in [7, 11) is 0. The smallest absolute Gasteiger partial charge is 0.0433 e. The molecule has 0 aromatic carbocycles. The van der Waals surface area contributed by atoms with E-state index in [4.69, 9.17) is 5.11 Å². The first kappa shape index (κ1) is 8.70. The van der Waals surface area contributed by atoms with Crippen LogP contribution in [0.2, 0.25) is 0 Å². The van der Waals surface area contributed by atoms with Crippen molar-refractivity contribution in [2.75, 3.05) is 6.61 Å². The average Bonchev–Trinajstić information content (AvgIpc) is 1.85. The summed E-state index contributed by atoms with van der Waals surface area (Å²) in [5.41, 5.74) is 0. The molecule has 0 heterocycles. The van der Waals surface area contributed by atoms with Crippen LogP contribution in [-0.2, 0) is 0 Å². The van der Waals surface area contributed by atoms with Gasteiger partial charge in [0.25, 0.3) is 0 Å². The molecule has 0 amide bonds. The molecule has 54 valence electrons. The van der Waals surface area contributed by atoms with E-state index in [1.165, 1.54) is 0 Å². The highest BCUT2D eigenvalue weighted by Crippen LogP contribution is 2.06. The normalized spacial score (nSPS) is 14.6. The van der Waals surface area contributed by atoms with Crippen molar-refractivity contribution in [3.05, 3.63) is 12.2 Å². The minimum atomic E-state index is 0.318. The summed E-state index contributed by atoms with van der Waals surface area (Å²) in [6.07, 6.45) is 6.20. The Labute approximate surface area is 57.4 Å². The van der Waals surface area contributed by atoms with Crippen molar-refractivity contribution in [2.45, 2.75) is 26.7 Å². The molecule has 0 aliphatic heterocycles. The Hall–Kier alpha value is -0.300. The second-order valence-electron chi connectivity index (χ2n) is 2.42. The Bertz CT molecular complexity index is 76.6. The quantitative estimate of drug-likeness (QED) is 0.574. The van der Waals surface area contributed by atoms with Crippen molar-refractivity contribution in [3.8, 4) is 0 Å². The number of hydrogen-bond acceptors (Lipinski definition) is 1. The Kier molecular flexibility index (Phi) is 5.64. The summed E-state index contributed by atoms with van der Waals surface area (Å²) in [6.45, 7) is 4.49. The van der Waals surface area contributed by atoms with Gasteiger partial charge >= 0.3 is 0 Å². The maximum Gasteiger partial charge on any atom is 0.0433 e. The van der Waals surface area contributed by atoms with Crippen LogP contribution in [0.3, 0.4) is 0 Å². The summed E-state index contributed by atoms with van der Waals surface area (Å²) in [5, 5.41) is 8.51. The molecule has 0 aliphatic rings. The van der Waals surface area contributed by atoms with Crippen LogP contribution in [0.5, 0.6) is 0 Å². The lowest BCUT2D eigenvalue weighted by atomic mass is 10.0. The van der Waals surface area contributed by atoms with E-state index in [0.717, 1.165) is 12.8 Å². The van der Waals surface area contributed by atoms with Crippen molar-refractivity contribution < 1.29 is 5.11 Å². The second kappa shape index (κ2) is 5.83. The van der Waals surface area contributed by atoms with Gasteiger partial charge in [0.15, 0.2) is 0 Å². The van der Waals surface area contributed by atoms with E-state index in [-0.39, 0.29) is 0 Å². The molecule has 0 spiro atoms. The Morgan fingerprint density at radius 1 is 1.56 bits per heavy atom. The predicted octanol–water partition coefficient (Wildman–Crippen LogP) is 1.97. The van der Waals surface area contributed by atoms with Crippen molar-refractivity contribution in [1.29, 1.82) is 0 Å². The van der Waals surface area contributed by atoms with Gasteiger partial charge in [0.1, 0.15) is 0 Å².